The molecule has 0 amide bonds. The summed E-state index contributed by atoms with van der Waals surface area (Å²) in [6.07, 6.45) is 9.51. The van der Waals surface area contributed by atoms with Crippen LogP contribution in [0.5, 0.6) is 0 Å². The van der Waals surface area contributed by atoms with Crippen LogP contribution in [0, 0.1) is 17.8 Å². The molecule has 2 saturated carbocycles. The Morgan fingerprint density at radius 2 is 1.32 bits per heavy atom. The summed E-state index contributed by atoms with van der Waals surface area (Å²) in [5.41, 5.74) is 1.43. The maximum Gasteiger partial charge on any atom is 0.344 e. The highest BCUT2D eigenvalue weighted by Crippen LogP contribution is 2.52. The third-order valence-corrected chi connectivity index (χ3v) is 11.3. The van der Waals surface area contributed by atoms with E-state index >= 15 is 0 Å². The molecule has 2 nitrogen and oxygen atoms in total. The molecule has 22 heavy (non-hydrogen) atoms. The molecule has 2 rings (SSSR count). The summed E-state index contributed by atoms with van der Waals surface area (Å²) in [7, 11) is -2.13. The molecular weight excluding hydrogens is 288 g/mol. The Kier molecular flexibility index (Phi) is 6.97. The second-order valence-electron chi connectivity index (χ2n) is 8.05. The van der Waals surface area contributed by atoms with Crippen molar-refractivity contribution in [2.24, 2.45) is 17.8 Å². The maximum atomic E-state index is 6.62. The summed E-state index contributed by atoms with van der Waals surface area (Å²) >= 11 is 0. The predicted molar refractivity (Wildman–Crippen MR) is 96.3 cm³/mol. The molecule has 0 aromatic rings. The summed E-state index contributed by atoms with van der Waals surface area (Å²) in [5, 5.41) is 0. The minimum absolute atomic E-state index is 0.703. The van der Waals surface area contributed by atoms with Gasteiger partial charge >= 0.3 is 8.56 Å². The van der Waals surface area contributed by atoms with Crippen LogP contribution >= 0.6 is 0 Å². The molecule has 0 aromatic heterocycles. The number of rotatable bonds is 6. The van der Waals surface area contributed by atoms with Gasteiger partial charge in [0.2, 0.25) is 0 Å². The van der Waals surface area contributed by atoms with E-state index in [0.717, 1.165) is 36.5 Å². The summed E-state index contributed by atoms with van der Waals surface area (Å²) in [4.78, 5) is 0. The molecule has 0 aromatic carbocycles. The third kappa shape index (κ3) is 3.96. The average molecular weight is 327 g/mol. The Morgan fingerprint density at radius 3 is 1.86 bits per heavy atom. The summed E-state index contributed by atoms with van der Waals surface area (Å²) in [6.45, 7) is 13.3. The van der Waals surface area contributed by atoms with Crippen molar-refractivity contribution >= 4 is 8.56 Å². The fourth-order valence-electron chi connectivity index (χ4n) is 5.00. The lowest BCUT2D eigenvalue weighted by molar-refractivity contribution is 0.126. The minimum Gasteiger partial charge on any atom is -0.394 e. The summed E-state index contributed by atoms with van der Waals surface area (Å²) < 4.78 is 13.2. The zero-order valence-electron chi connectivity index (χ0n) is 15.6. The van der Waals surface area contributed by atoms with Crippen LogP contribution in [0.4, 0.5) is 0 Å². The van der Waals surface area contributed by atoms with E-state index in [-0.39, 0.29) is 0 Å². The summed E-state index contributed by atoms with van der Waals surface area (Å²) in [5.74, 6) is 2.52. The van der Waals surface area contributed by atoms with Gasteiger partial charge in [0.15, 0.2) is 0 Å². The lowest BCUT2D eigenvalue weighted by Gasteiger charge is -2.49. The van der Waals surface area contributed by atoms with Crippen molar-refractivity contribution in [2.75, 3.05) is 13.2 Å². The van der Waals surface area contributed by atoms with Crippen LogP contribution in [-0.4, -0.2) is 21.8 Å². The predicted octanol–water partition coefficient (Wildman–Crippen LogP) is 5.91. The van der Waals surface area contributed by atoms with Crippen molar-refractivity contribution in [3.63, 3.8) is 0 Å². The largest absolute Gasteiger partial charge is 0.394 e. The van der Waals surface area contributed by atoms with Crippen molar-refractivity contribution in [3.05, 3.63) is 0 Å². The van der Waals surface area contributed by atoms with E-state index in [9.17, 15) is 0 Å². The van der Waals surface area contributed by atoms with Crippen molar-refractivity contribution in [2.45, 2.75) is 90.6 Å². The highest BCUT2D eigenvalue weighted by atomic mass is 28.4. The Hall–Kier alpha value is 0.137. The smallest absolute Gasteiger partial charge is 0.344 e. The van der Waals surface area contributed by atoms with Gasteiger partial charge in [-0.05, 0) is 50.9 Å². The quantitative estimate of drug-likeness (QED) is 0.565. The molecular formula is C19H38O2Si. The van der Waals surface area contributed by atoms with Crippen molar-refractivity contribution in [3.8, 4) is 0 Å². The molecule has 0 N–H and O–H groups in total. The van der Waals surface area contributed by atoms with E-state index in [1.54, 1.807) is 0 Å². The first kappa shape index (κ1) is 18.5. The third-order valence-electron chi connectivity index (χ3n) is 6.30. The standard InChI is InChI=1S/C19H38O2Si/c1-6-20-22(21-7-2,18-12-9-15(3)10-13-18)19-14-16(4)8-11-17(19)5/h15-19H,6-14H2,1-5H3. The molecule has 0 saturated heterocycles. The van der Waals surface area contributed by atoms with Gasteiger partial charge < -0.3 is 8.85 Å². The van der Waals surface area contributed by atoms with E-state index in [4.69, 9.17) is 8.85 Å². The average Bonchev–Trinajstić information content (AvgIpc) is 2.50. The van der Waals surface area contributed by atoms with Gasteiger partial charge in [-0.15, -0.1) is 0 Å². The van der Waals surface area contributed by atoms with Crippen LogP contribution in [0.3, 0.4) is 0 Å². The van der Waals surface area contributed by atoms with Crippen LogP contribution in [0.25, 0.3) is 0 Å². The first-order chi connectivity index (χ1) is 10.5. The molecule has 2 aliphatic rings. The van der Waals surface area contributed by atoms with E-state index in [0.29, 0.717) is 5.54 Å². The van der Waals surface area contributed by atoms with Crippen LogP contribution < -0.4 is 0 Å². The first-order valence-corrected chi connectivity index (χ1v) is 11.8. The van der Waals surface area contributed by atoms with E-state index < -0.39 is 8.56 Å². The molecule has 0 heterocycles. The Balaban J connectivity index is 2.26. The van der Waals surface area contributed by atoms with Crippen LogP contribution in [-0.2, 0) is 8.85 Å². The second-order valence-corrected chi connectivity index (χ2v) is 11.6. The van der Waals surface area contributed by atoms with E-state index in [1.807, 2.05) is 0 Å². The number of hydrogen-bond donors (Lipinski definition) is 0. The van der Waals surface area contributed by atoms with Crippen LogP contribution in [0.2, 0.25) is 11.1 Å². The highest BCUT2D eigenvalue weighted by molar-refractivity contribution is 6.70. The van der Waals surface area contributed by atoms with Gasteiger partial charge in [-0.2, -0.15) is 0 Å². The zero-order valence-corrected chi connectivity index (χ0v) is 16.6. The monoisotopic (exact) mass is 326 g/mol. The maximum absolute atomic E-state index is 6.62. The number of hydrogen-bond acceptors (Lipinski definition) is 2. The molecule has 3 atom stereocenters. The molecule has 0 aliphatic heterocycles. The van der Waals surface area contributed by atoms with Crippen molar-refractivity contribution in [1.29, 1.82) is 0 Å². The fourth-order valence-corrected chi connectivity index (χ4v) is 10.3. The fraction of sp³-hybridized carbons (Fsp3) is 1.00. The summed E-state index contributed by atoms with van der Waals surface area (Å²) in [6, 6.07) is 0. The molecule has 130 valence electrons. The second kappa shape index (κ2) is 8.30. The Morgan fingerprint density at radius 1 is 0.773 bits per heavy atom. The lowest BCUT2D eigenvalue weighted by Crippen LogP contribution is -2.55. The normalized spacial score (nSPS) is 37.2. The topological polar surface area (TPSA) is 18.5 Å². The Bertz CT molecular complexity index is 319. The van der Waals surface area contributed by atoms with Gasteiger partial charge in [0.1, 0.15) is 0 Å². The Labute approximate surface area is 139 Å². The molecule has 3 unspecified atom stereocenters. The molecule has 0 spiro atoms. The zero-order chi connectivity index (χ0) is 16.2. The molecule has 3 heteroatoms. The first-order valence-electron chi connectivity index (χ1n) is 9.81. The van der Waals surface area contributed by atoms with Gasteiger partial charge in [0, 0.05) is 24.3 Å². The van der Waals surface area contributed by atoms with Gasteiger partial charge in [0.25, 0.3) is 0 Å². The van der Waals surface area contributed by atoms with Gasteiger partial charge in [0.05, 0.1) is 0 Å². The lowest BCUT2D eigenvalue weighted by atomic mass is 9.83. The van der Waals surface area contributed by atoms with Crippen LogP contribution in [0.15, 0.2) is 0 Å². The van der Waals surface area contributed by atoms with E-state index in [1.165, 1.54) is 44.9 Å². The molecule has 2 aliphatic carbocycles. The van der Waals surface area contributed by atoms with Gasteiger partial charge in [-0.25, -0.2) is 0 Å². The minimum atomic E-state index is -2.13. The molecule has 0 radical (unpaired) electrons. The van der Waals surface area contributed by atoms with Crippen molar-refractivity contribution in [1.82, 2.24) is 0 Å². The SMILES string of the molecule is CCO[Si](OCC)(C1CCC(C)CC1)C1CC(C)CCC1C. The van der Waals surface area contributed by atoms with Crippen LogP contribution in [0.1, 0.15) is 79.6 Å². The molecule has 0 bridgehead atoms. The van der Waals surface area contributed by atoms with E-state index in [2.05, 4.69) is 34.6 Å². The highest BCUT2D eigenvalue weighted by Gasteiger charge is 2.55. The van der Waals surface area contributed by atoms with Gasteiger partial charge in [-0.3, -0.25) is 0 Å². The molecule has 2 fully saturated rings. The van der Waals surface area contributed by atoms with Gasteiger partial charge in [-0.1, -0.05) is 46.5 Å². The van der Waals surface area contributed by atoms with Crippen molar-refractivity contribution < 1.29 is 8.85 Å².